The number of pyridine rings is 1. The Morgan fingerprint density at radius 1 is 1.44 bits per heavy atom. The van der Waals surface area contributed by atoms with Crippen molar-refractivity contribution in [2.45, 2.75) is 12.1 Å². The molecule has 1 aromatic heterocycles. The van der Waals surface area contributed by atoms with Crippen molar-refractivity contribution in [3.8, 4) is 0 Å². The summed E-state index contributed by atoms with van der Waals surface area (Å²) in [4.78, 5) is 14.3. The van der Waals surface area contributed by atoms with E-state index in [2.05, 4.69) is 10.3 Å². The van der Waals surface area contributed by atoms with Gasteiger partial charge >= 0.3 is 12.1 Å². The van der Waals surface area contributed by atoms with Crippen molar-refractivity contribution in [2.24, 2.45) is 5.92 Å². The minimum absolute atomic E-state index is 0.0533. The standard InChI is InChI=1S/C11H11F3N2O2/c12-11(13,14)9-6(2-1-3-16-9)7-4-15-5-8(7)10(17)18/h1-3,7-8,15H,4-5H2,(H,17,18). The van der Waals surface area contributed by atoms with Crippen LogP contribution in [-0.4, -0.2) is 29.1 Å². The first-order valence-corrected chi connectivity index (χ1v) is 5.37. The molecule has 1 aliphatic rings. The average Bonchev–Trinajstić information content (AvgIpc) is 2.76. The molecule has 2 rings (SSSR count). The summed E-state index contributed by atoms with van der Waals surface area (Å²) in [6, 6.07) is 2.69. The maximum absolute atomic E-state index is 12.8. The number of nitrogens with one attached hydrogen (secondary N) is 1. The van der Waals surface area contributed by atoms with Gasteiger partial charge in [-0.3, -0.25) is 9.78 Å². The molecule has 2 unspecified atom stereocenters. The van der Waals surface area contributed by atoms with Gasteiger partial charge in [0.15, 0.2) is 0 Å². The highest BCUT2D eigenvalue weighted by molar-refractivity contribution is 5.72. The lowest BCUT2D eigenvalue weighted by Gasteiger charge is -2.19. The summed E-state index contributed by atoms with van der Waals surface area (Å²) in [5.74, 6) is -2.65. The Labute approximate surface area is 101 Å². The second-order valence-electron chi connectivity index (χ2n) is 4.15. The number of carbonyl (C=O) groups is 1. The number of nitrogens with zero attached hydrogens (tertiary/aromatic N) is 1. The first-order valence-electron chi connectivity index (χ1n) is 5.37. The summed E-state index contributed by atoms with van der Waals surface area (Å²) in [5, 5.41) is 11.8. The van der Waals surface area contributed by atoms with E-state index in [1.165, 1.54) is 12.1 Å². The number of aromatic nitrogens is 1. The average molecular weight is 260 g/mol. The molecular formula is C11H11F3N2O2. The number of aliphatic carboxylic acids is 1. The second kappa shape index (κ2) is 4.56. The highest BCUT2D eigenvalue weighted by Crippen LogP contribution is 2.37. The van der Waals surface area contributed by atoms with Crippen molar-refractivity contribution in [1.29, 1.82) is 0 Å². The van der Waals surface area contributed by atoms with E-state index in [1.54, 1.807) is 0 Å². The highest BCUT2D eigenvalue weighted by Gasteiger charge is 2.41. The van der Waals surface area contributed by atoms with Gasteiger partial charge in [-0.15, -0.1) is 0 Å². The minimum Gasteiger partial charge on any atom is -0.481 e. The highest BCUT2D eigenvalue weighted by atomic mass is 19.4. The fraction of sp³-hybridized carbons (Fsp3) is 0.455. The molecule has 0 spiro atoms. The summed E-state index contributed by atoms with van der Waals surface area (Å²) in [6.07, 6.45) is -3.51. The van der Waals surface area contributed by atoms with Gasteiger partial charge in [0.05, 0.1) is 5.92 Å². The number of alkyl halides is 3. The Balaban J connectivity index is 2.42. The van der Waals surface area contributed by atoms with Gasteiger partial charge in [0.1, 0.15) is 5.69 Å². The predicted molar refractivity (Wildman–Crippen MR) is 56.0 cm³/mol. The Kier molecular flexibility index (Phi) is 3.25. The molecule has 0 saturated carbocycles. The molecular weight excluding hydrogens is 249 g/mol. The fourth-order valence-corrected chi connectivity index (χ4v) is 2.22. The normalized spacial score (nSPS) is 24.2. The molecule has 0 radical (unpaired) electrons. The van der Waals surface area contributed by atoms with Crippen LogP contribution in [0.25, 0.3) is 0 Å². The van der Waals surface area contributed by atoms with Crippen LogP contribution in [0.1, 0.15) is 17.2 Å². The smallest absolute Gasteiger partial charge is 0.433 e. The minimum atomic E-state index is -4.57. The van der Waals surface area contributed by atoms with Gasteiger partial charge < -0.3 is 10.4 Å². The molecule has 1 aliphatic heterocycles. The van der Waals surface area contributed by atoms with Crippen LogP contribution in [0, 0.1) is 5.92 Å². The van der Waals surface area contributed by atoms with Crippen LogP contribution in [-0.2, 0) is 11.0 Å². The molecule has 18 heavy (non-hydrogen) atoms. The Hall–Kier alpha value is -1.63. The van der Waals surface area contributed by atoms with Crippen LogP contribution in [0.3, 0.4) is 0 Å². The fourth-order valence-electron chi connectivity index (χ4n) is 2.22. The topological polar surface area (TPSA) is 62.2 Å². The molecule has 4 nitrogen and oxygen atoms in total. The number of hydrogen-bond donors (Lipinski definition) is 2. The summed E-state index contributed by atoms with van der Waals surface area (Å²) >= 11 is 0. The third-order valence-electron chi connectivity index (χ3n) is 3.04. The molecule has 0 aliphatic carbocycles. The predicted octanol–water partition coefficient (Wildman–Crippen LogP) is 1.49. The van der Waals surface area contributed by atoms with Gasteiger partial charge in [-0.1, -0.05) is 6.07 Å². The van der Waals surface area contributed by atoms with Crippen molar-refractivity contribution in [3.63, 3.8) is 0 Å². The van der Waals surface area contributed by atoms with Crippen LogP contribution in [0.5, 0.6) is 0 Å². The quantitative estimate of drug-likeness (QED) is 0.845. The van der Waals surface area contributed by atoms with E-state index in [-0.39, 0.29) is 18.7 Å². The molecule has 1 aromatic rings. The van der Waals surface area contributed by atoms with E-state index in [4.69, 9.17) is 5.11 Å². The van der Waals surface area contributed by atoms with Crippen LogP contribution < -0.4 is 5.32 Å². The molecule has 2 atom stereocenters. The van der Waals surface area contributed by atoms with Crippen molar-refractivity contribution in [1.82, 2.24) is 10.3 Å². The van der Waals surface area contributed by atoms with Gasteiger partial charge in [0, 0.05) is 25.2 Å². The molecule has 98 valence electrons. The molecule has 0 amide bonds. The molecule has 1 fully saturated rings. The number of carboxylic acids is 1. The van der Waals surface area contributed by atoms with Crippen LogP contribution >= 0.6 is 0 Å². The summed E-state index contributed by atoms with van der Waals surface area (Å²) in [5.41, 5.74) is -1.05. The van der Waals surface area contributed by atoms with Crippen molar-refractivity contribution < 1.29 is 23.1 Å². The number of rotatable bonds is 2. The lowest BCUT2D eigenvalue weighted by Crippen LogP contribution is -2.23. The van der Waals surface area contributed by atoms with E-state index in [0.29, 0.717) is 0 Å². The lowest BCUT2D eigenvalue weighted by atomic mass is 9.88. The van der Waals surface area contributed by atoms with Crippen LogP contribution in [0.4, 0.5) is 13.2 Å². The van der Waals surface area contributed by atoms with Gasteiger partial charge in [0.25, 0.3) is 0 Å². The van der Waals surface area contributed by atoms with Gasteiger partial charge in [-0.2, -0.15) is 13.2 Å². The molecule has 2 heterocycles. The van der Waals surface area contributed by atoms with Gasteiger partial charge in [-0.25, -0.2) is 0 Å². The summed E-state index contributed by atoms with van der Waals surface area (Å²) < 4.78 is 38.4. The lowest BCUT2D eigenvalue weighted by molar-refractivity contribution is -0.144. The SMILES string of the molecule is O=C(O)C1CNCC1c1cccnc1C(F)(F)F. The van der Waals surface area contributed by atoms with Crippen LogP contribution in [0.15, 0.2) is 18.3 Å². The molecule has 7 heteroatoms. The van der Waals surface area contributed by atoms with E-state index < -0.39 is 29.7 Å². The van der Waals surface area contributed by atoms with E-state index in [0.717, 1.165) is 6.20 Å². The Morgan fingerprint density at radius 2 is 2.17 bits per heavy atom. The zero-order valence-electron chi connectivity index (χ0n) is 9.24. The van der Waals surface area contributed by atoms with Crippen molar-refractivity contribution in [3.05, 3.63) is 29.6 Å². The van der Waals surface area contributed by atoms with E-state index >= 15 is 0 Å². The summed E-state index contributed by atoms with van der Waals surface area (Å²) in [7, 11) is 0. The Bertz CT molecular complexity index is 462. The Morgan fingerprint density at radius 3 is 2.78 bits per heavy atom. The molecule has 1 saturated heterocycles. The summed E-state index contributed by atoms with van der Waals surface area (Å²) in [6.45, 7) is 0.387. The van der Waals surface area contributed by atoms with E-state index in [1.807, 2.05) is 0 Å². The molecule has 0 aromatic carbocycles. The first kappa shape index (κ1) is 12.8. The maximum Gasteiger partial charge on any atom is 0.433 e. The molecule has 2 N–H and O–H groups in total. The third-order valence-corrected chi connectivity index (χ3v) is 3.04. The zero-order valence-corrected chi connectivity index (χ0v) is 9.24. The number of carboxylic acid groups (broad SMARTS) is 1. The van der Waals surface area contributed by atoms with Crippen molar-refractivity contribution >= 4 is 5.97 Å². The number of hydrogen-bond acceptors (Lipinski definition) is 3. The monoisotopic (exact) mass is 260 g/mol. The van der Waals surface area contributed by atoms with E-state index in [9.17, 15) is 18.0 Å². The first-order chi connectivity index (χ1) is 8.41. The molecule has 0 bridgehead atoms. The van der Waals surface area contributed by atoms with Crippen LogP contribution in [0.2, 0.25) is 0 Å². The largest absolute Gasteiger partial charge is 0.481 e. The maximum atomic E-state index is 12.8. The third kappa shape index (κ3) is 2.31. The van der Waals surface area contributed by atoms with Gasteiger partial charge in [-0.05, 0) is 11.6 Å². The number of halogens is 3. The van der Waals surface area contributed by atoms with Crippen molar-refractivity contribution in [2.75, 3.05) is 13.1 Å². The zero-order chi connectivity index (χ0) is 13.3. The second-order valence-corrected chi connectivity index (χ2v) is 4.15. The van der Waals surface area contributed by atoms with Gasteiger partial charge in [0.2, 0.25) is 0 Å².